The van der Waals surface area contributed by atoms with Crippen LogP contribution in [0.3, 0.4) is 0 Å². The summed E-state index contributed by atoms with van der Waals surface area (Å²) in [6, 6.07) is 0. The molecule has 0 fully saturated rings. The zero-order valence-corrected chi connectivity index (χ0v) is 5.50. The van der Waals surface area contributed by atoms with Gasteiger partial charge in [-0.2, -0.15) is 6.90 Å². The molecule has 0 bridgehead atoms. The Kier molecular flexibility index (Phi) is 64.7. The molecule has 0 saturated heterocycles. The Balaban J connectivity index is -0.0000000200. The molecule has 0 aromatic rings. The van der Waals surface area contributed by atoms with E-state index in [9.17, 15) is 0 Å². The molecule has 0 N–H and O–H groups in total. The van der Waals surface area contributed by atoms with Gasteiger partial charge < -0.3 is 23.9 Å². The van der Waals surface area contributed by atoms with Gasteiger partial charge in [0.05, 0.1) is 0 Å². The van der Waals surface area contributed by atoms with Crippen molar-refractivity contribution >= 4 is 23.1 Å². The summed E-state index contributed by atoms with van der Waals surface area (Å²) in [4.78, 5) is 0. The van der Waals surface area contributed by atoms with E-state index < -0.39 is 0 Å². The van der Waals surface area contributed by atoms with E-state index in [-0.39, 0.29) is 46.9 Å². The predicted octanol–water partition coefficient (Wildman–Crippen LogP) is -2.54. The smallest absolute Gasteiger partial charge is 1.00 e. The molecule has 0 rings (SSSR count). The molecule has 0 aliphatic rings. The minimum Gasteiger partial charge on any atom is -1.00 e. The third-order valence-corrected chi connectivity index (χ3v) is 0. The van der Waals surface area contributed by atoms with Crippen molar-refractivity contribution in [2.75, 3.05) is 0 Å². The van der Waals surface area contributed by atoms with Crippen LogP contribution in [-0.2, 0) is 0 Å². The number of hydrogen-bond acceptors (Lipinski definition) is 0. The largest absolute Gasteiger partial charge is 2.00 e. The number of halogens is 1. The molecule has 0 amide bonds. The number of hydrogen-bond donors (Lipinski definition) is 0. The van der Waals surface area contributed by atoms with Crippen LogP contribution in [0.1, 0.15) is 8.27 Å². The van der Waals surface area contributed by atoms with Crippen LogP contribution < -0.4 is 17.0 Å². The molecule has 0 unspecified atom stereocenters. The maximum atomic E-state index is 6.10. The third kappa shape index (κ3) is 10.5. The summed E-state index contributed by atoms with van der Waals surface area (Å²) in [7, 11) is 0. The van der Waals surface area contributed by atoms with Gasteiger partial charge in [-0.15, -0.1) is 0 Å². The summed E-state index contributed by atoms with van der Waals surface area (Å²) >= 11 is 0. The minimum absolute atomic E-state index is 0. The average Bonchev–Trinajstić information content (AvgIpc) is 0.918. The van der Waals surface area contributed by atoms with Crippen LogP contribution in [0.2, 0.25) is 0 Å². The van der Waals surface area contributed by atoms with Crippen molar-refractivity contribution < 1.29 is 18.4 Å². The van der Waals surface area contributed by atoms with Gasteiger partial charge in [0.1, 0.15) is 0 Å². The Labute approximate surface area is 55.3 Å². The molecule has 0 radical (unpaired) electrons. The van der Waals surface area contributed by atoms with E-state index in [1.807, 2.05) is 0 Å². The molecule has 0 aliphatic carbocycles. The van der Waals surface area contributed by atoms with Crippen LogP contribution in [0.5, 0.6) is 0 Å². The van der Waals surface area contributed by atoms with Crippen LogP contribution in [-0.4, -0.2) is 23.1 Å². The fourth-order valence-electron chi connectivity index (χ4n) is 0. The molecule has 0 atom stereocenters. The van der Waals surface area contributed by atoms with E-state index >= 15 is 0 Å². The summed E-state index contributed by atoms with van der Waals surface area (Å²) in [5.41, 5.74) is 0. The summed E-state index contributed by atoms with van der Waals surface area (Å²) < 4.78 is 6.10. The van der Waals surface area contributed by atoms with Crippen molar-refractivity contribution in [3.8, 4) is 0 Å². The van der Waals surface area contributed by atoms with Crippen LogP contribution in [0.15, 0.2) is 0 Å². The zero-order chi connectivity index (χ0) is 2.71. The summed E-state index contributed by atoms with van der Waals surface area (Å²) in [5, 5.41) is 0. The van der Waals surface area contributed by atoms with Crippen molar-refractivity contribution in [2.24, 2.45) is 0 Å². The van der Waals surface area contributed by atoms with Crippen molar-refractivity contribution in [3.63, 3.8) is 0 Å². The molecular formula is C2H5BrMg. The number of rotatable bonds is 0. The quantitative estimate of drug-likeness (QED) is 0.253. The average molecular weight is 134 g/mol. The van der Waals surface area contributed by atoms with Gasteiger partial charge in [0, 0.05) is 0 Å². The Morgan fingerprint density at radius 1 is 2.00 bits per heavy atom. The van der Waals surface area contributed by atoms with Crippen molar-refractivity contribution in [1.29, 1.82) is 0 Å². The van der Waals surface area contributed by atoms with Crippen molar-refractivity contribution in [3.05, 3.63) is 6.92 Å². The predicted molar refractivity (Wildman–Crippen MR) is 16.8 cm³/mol. The van der Waals surface area contributed by atoms with Crippen molar-refractivity contribution in [2.45, 2.75) is 6.90 Å². The molecule has 0 heterocycles. The first kappa shape index (κ1) is 8.98. The molecular weight excluding hydrogens is 128 g/mol. The van der Waals surface area contributed by atoms with Gasteiger partial charge in [-0.25, -0.2) is 0 Å². The second kappa shape index (κ2) is 28.8. The Morgan fingerprint density at radius 2 is 2.00 bits per heavy atom. The van der Waals surface area contributed by atoms with Crippen LogP contribution in [0.25, 0.3) is 0 Å². The molecule has 0 aromatic heterocycles. The SMILES string of the molecule is [2H]C[CH2-].[Br-].[Mg+2]. The van der Waals surface area contributed by atoms with Gasteiger partial charge in [-0.1, -0.05) is 0 Å². The van der Waals surface area contributed by atoms with Crippen LogP contribution in [0.4, 0.5) is 0 Å². The molecule has 4 heavy (non-hydrogen) atoms. The Morgan fingerprint density at radius 3 is 2.00 bits per heavy atom. The third-order valence-electron chi connectivity index (χ3n) is 0. The first-order valence-corrected chi connectivity index (χ1v) is 0.500. The molecule has 22 valence electrons. The van der Waals surface area contributed by atoms with E-state index in [0.717, 1.165) is 0 Å². The summed E-state index contributed by atoms with van der Waals surface area (Å²) in [5.74, 6) is 0. The van der Waals surface area contributed by atoms with Crippen LogP contribution in [0, 0.1) is 6.92 Å². The van der Waals surface area contributed by atoms with E-state index in [4.69, 9.17) is 1.37 Å². The Hall–Kier alpha value is 1.25. The zero-order valence-electron chi connectivity index (χ0n) is 3.50. The molecule has 0 aliphatic heterocycles. The van der Waals surface area contributed by atoms with E-state index in [1.54, 1.807) is 0 Å². The standard InChI is InChI=1S/C2H5.BrH.Mg/c1-2;;/h1H2,2H3;1H;/q-1;;+2/p-1/i2D;;. The molecule has 0 nitrogen and oxygen atoms in total. The van der Waals surface area contributed by atoms with Gasteiger partial charge in [-0.05, 0) is 1.37 Å². The summed E-state index contributed by atoms with van der Waals surface area (Å²) in [6.07, 6.45) is 0. The van der Waals surface area contributed by atoms with Gasteiger partial charge in [0.15, 0.2) is 0 Å². The normalized spacial score (nSPS) is 4.75. The summed E-state index contributed by atoms with van der Waals surface area (Å²) in [6.45, 7) is 3.40. The second-order valence-corrected chi connectivity index (χ2v) is 0. The van der Waals surface area contributed by atoms with Gasteiger partial charge in [-0.3, -0.25) is 0 Å². The molecule has 2 heteroatoms. The monoisotopic (exact) mass is 133 g/mol. The first-order valence-electron chi connectivity index (χ1n) is 1.21. The van der Waals surface area contributed by atoms with Crippen LogP contribution >= 0.6 is 0 Å². The second-order valence-electron chi connectivity index (χ2n) is 0. The van der Waals surface area contributed by atoms with E-state index in [0.29, 0.717) is 0 Å². The minimum atomic E-state index is 0. The molecule has 0 aromatic carbocycles. The van der Waals surface area contributed by atoms with Gasteiger partial charge in [0.25, 0.3) is 0 Å². The van der Waals surface area contributed by atoms with E-state index in [1.165, 1.54) is 0 Å². The molecule has 0 saturated carbocycles. The fraction of sp³-hybridized carbons (Fsp3) is 0.500. The molecule has 0 spiro atoms. The topological polar surface area (TPSA) is 0 Å². The Bertz CT molecular complexity index is 9.61. The van der Waals surface area contributed by atoms with Gasteiger partial charge >= 0.3 is 23.1 Å². The maximum Gasteiger partial charge on any atom is 2.00 e. The first-order chi connectivity index (χ1) is 1.41. The van der Waals surface area contributed by atoms with Crippen molar-refractivity contribution in [1.82, 2.24) is 0 Å². The van der Waals surface area contributed by atoms with E-state index in [2.05, 4.69) is 6.92 Å². The van der Waals surface area contributed by atoms with Gasteiger partial charge in [0.2, 0.25) is 0 Å². The maximum absolute atomic E-state index is 6.10. The fourth-order valence-corrected chi connectivity index (χ4v) is 0.